The Balaban J connectivity index is 1.62. The van der Waals surface area contributed by atoms with E-state index in [0.717, 1.165) is 22.5 Å². The Morgan fingerprint density at radius 2 is 1.44 bits per heavy atom. The van der Waals surface area contributed by atoms with Crippen molar-refractivity contribution in [1.29, 1.82) is 0 Å². The van der Waals surface area contributed by atoms with Crippen molar-refractivity contribution in [2.75, 3.05) is 22.5 Å². The van der Waals surface area contributed by atoms with Crippen LogP contribution in [-0.4, -0.2) is 24.3 Å². The van der Waals surface area contributed by atoms with Gasteiger partial charge in [0.05, 0.1) is 17.8 Å². The number of benzene rings is 3. The molecule has 32 heavy (non-hydrogen) atoms. The molecule has 0 atom stereocenters. The highest BCUT2D eigenvalue weighted by Gasteiger charge is 2.28. The van der Waals surface area contributed by atoms with E-state index in [2.05, 4.69) is 21.3 Å². The van der Waals surface area contributed by atoms with Crippen molar-refractivity contribution in [1.82, 2.24) is 5.32 Å². The van der Waals surface area contributed by atoms with Gasteiger partial charge >= 0.3 is 0 Å². The quantitative estimate of drug-likeness (QED) is 0.452. The van der Waals surface area contributed by atoms with E-state index in [1.165, 1.54) is 6.92 Å². The molecule has 0 bridgehead atoms. The fraction of sp³-hybridized carbons (Fsp3) is 0.0800. The van der Waals surface area contributed by atoms with Crippen LogP contribution in [0.5, 0.6) is 0 Å². The van der Waals surface area contributed by atoms with Crippen LogP contribution in [0.2, 0.25) is 0 Å². The summed E-state index contributed by atoms with van der Waals surface area (Å²) in [5, 5.41) is 11.5. The first-order chi connectivity index (χ1) is 15.5. The van der Waals surface area contributed by atoms with E-state index in [0.29, 0.717) is 17.0 Å². The summed E-state index contributed by atoms with van der Waals surface area (Å²) in [6.45, 7) is 1.27. The van der Waals surface area contributed by atoms with Crippen molar-refractivity contribution in [2.24, 2.45) is 0 Å². The molecule has 4 N–H and O–H groups in total. The van der Waals surface area contributed by atoms with Crippen LogP contribution in [0.1, 0.15) is 18.1 Å². The summed E-state index contributed by atoms with van der Waals surface area (Å²) in [6, 6.07) is 24.4. The Kier molecular flexibility index (Phi) is 5.98. The smallest absolute Gasteiger partial charge is 0.258 e. The van der Waals surface area contributed by atoms with Crippen LogP contribution in [0.4, 0.5) is 17.1 Å². The minimum Gasteiger partial charge on any atom is -0.354 e. The van der Waals surface area contributed by atoms with Gasteiger partial charge in [-0.25, -0.2) is 0 Å². The second-order valence-corrected chi connectivity index (χ2v) is 7.28. The van der Waals surface area contributed by atoms with E-state index < -0.39 is 0 Å². The summed E-state index contributed by atoms with van der Waals surface area (Å²) in [5.41, 5.74) is 5.11. The molecule has 0 spiro atoms. The zero-order valence-corrected chi connectivity index (χ0v) is 17.4. The third-order valence-electron chi connectivity index (χ3n) is 4.92. The number of rotatable bonds is 6. The lowest BCUT2D eigenvalue weighted by molar-refractivity contribution is -0.122. The van der Waals surface area contributed by atoms with Gasteiger partial charge in [0.15, 0.2) is 0 Å². The van der Waals surface area contributed by atoms with E-state index in [9.17, 15) is 14.4 Å². The summed E-state index contributed by atoms with van der Waals surface area (Å²) in [6.07, 6.45) is 0. The number of carbonyl (C=O) groups is 3. The highest BCUT2D eigenvalue weighted by molar-refractivity contribution is 6.37. The highest BCUT2D eigenvalue weighted by atomic mass is 16.2. The van der Waals surface area contributed by atoms with Gasteiger partial charge in [0.1, 0.15) is 0 Å². The molecule has 1 aliphatic rings. The predicted molar refractivity (Wildman–Crippen MR) is 126 cm³/mol. The topological polar surface area (TPSA) is 99.3 Å². The first-order valence-corrected chi connectivity index (χ1v) is 10.1. The lowest BCUT2D eigenvalue weighted by Gasteiger charge is -2.15. The minimum atomic E-state index is -0.313. The summed E-state index contributed by atoms with van der Waals surface area (Å²) in [4.78, 5) is 35.7. The Morgan fingerprint density at radius 1 is 0.812 bits per heavy atom. The number of anilines is 3. The zero-order valence-electron chi connectivity index (χ0n) is 17.4. The fourth-order valence-corrected chi connectivity index (χ4v) is 3.44. The van der Waals surface area contributed by atoms with Crippen molar-refractivity contribution in [3.63, 3.8) is 0 Å². The van der Waals surface area contributed by atoms with Crippen LogP contribution in [0.3, 0.4) is 0 Å². The average Bonchev–Trinajstić information content (AvgIpc) is 3.13. The van der Waals surface area contributed by atoms with Gasteiger partial charge in [-0.1, -0.05) is 48.5 Å². The van der Waals surface area contributed by atoms with Crippen molar-refractivity contribution >= 4 is 46.1 Å². The molecule has 3 amide bonds. The molecular formula is C25H22N4O3. The fourth-order valence-electron chi connectivity index (χ4n) is 3.44. The van der Waals surface area contributed by atoms with Crippen LogP contribution in [-0.2, 0) is 14.4 Å². The second kappa shape index (κ2) is 9.18. The molecule has 0 unspecified atom stereocenters. The lowest BCUT2D eigenvalue weighted by atomic mass is 10.00. The van der Waals surface area contributed by atoms with Crippen LogP contribution >= 0.6 is 0 Å². The van der Waals surface area contributed by atoms with Crippen molar-refractivity contribution in [2.45, 2.75) is 6.92 Å². The van der Waals surface area contributed by atoms with Crippen LogP contribution in [0.25, 0.3) is 11.3 Å². The normalized spacial score (nSPS) is 13.6. The summed E-state index contributed by atoms with van der Waals surface area (Å²) >= 11 is 0. The van der Waals surface area contributed by atoms with E-state index in [-0.39, 0.29) is 24.3 Å². The molecule has 0 saturated carbocycles. The zero-order chi connectivity index (χ0) is 22.5. The molecule has 4 rings (SSSR count). The SMILES string of the molecule is CC(=O)NCC(=O)Nc1ccc(N/C(=C2\C(=O)Nc3ccccc32)c2ccccc2)cc1. The van der Waals surface area contributed by atoms with E-state index >= 15 is 0 Å². The molecule has 160 valence electrons. The van der Waals surface area contributed by atoms with Gasteiger partial charge in [0, 0.05) is 29.5 Å². The van der Waals surface area contributed by atoms with Crippen molar-refractivity contribution in [3.8, 4) is 0 Å². The standard InChI is InChI=1S/C25H22N4O3/c1-16(30)26-15-22(31)27-18-11-13-19(14-12-18)28-24(17-7-3-2-4-8-17)23-20-9-5-6-10-21(20)29-25(23)32/h2-14,28H,15H2,1H3,(H,26,30)(H,27,31)(H,29,32)/b24-23-. The van der Waals surface area contributed by atoms with Gasteiger partial charge in [0.2, 0.25) is 11.8 Å². The molecule has 0 saturated heterocycles. The Morgan fingerprint density at radius 3 is 2.12 bits per heavy atom. The molecule has 3 aromatic carbocycles. The van der Waals surface area contributed by atoms with Crippen molar-refractivity contribution < 1.29 is 14.4 Å². The third-order valence-corrected chi connectivity index (χ3v) is 4.92. The first-order valence-electron chi connectivity index (χ1n) is 10.1. The molecule has 1 heterocycles. The highest BCUT2D eigenvalue weighted by Crippen LogP contribution is 2.37. The molecule has 0 aliphatic carbocycles. The van der Waals surface area contributed by atoms with E-state index in [1.54, 1.807) is 12.1 Å². The van der Waals surface area contributed by atoms with E-state index in [4.69, 9.17) is 0 Å². The lowest BCUT2D eigenvalue weighted by Crippen LogP contribution is -2.31. The second-order valence-electron chi connectivity index (χ2n) is 7.28. The summed E-state index contributed by atoms with van der Waals surface area (Å²) in [7, 11) is 0. The average molecular weight is 426 g/mol. The maximum absolute atomic E-state index is 12.8. The molecule has 1 aliphatic heterocycles. The predicted octanol–water partition coefficient (Wildman–Crippen LogP) is 3.69. The van der Waals surface area contributed by atoms with Crippen LogP contribution < -0.4 is 21.3 Å². The largest absolute Gasteiger partial charge is 0.354 e. The van der Waals surface area contributed by atoms with Crippen molar-refractivity contribution in [3.05, 3.63) is 90.0 Å². The number of carbonyl (C=O) groups excluding carboxylic acids is 3. The Hall–Kier alpha value is -4.39. The number of para-hydroxylation sites is 1. The molecule has 7 heteroatoms. The first kappa shape index (κ1) is 20.9. The Labute approximate surface area is 185 Å². The summed E-state index contributed by atoms with van der Waals surface area (Å²) < 4.78 is 0. The summed E-state index contributed by atoms with van der Waals surface area (Å²) in [5.74, 6) is -0.745. The van der Waals surface area contributed by atoms with Gasteiger partial charge in [-0.3, -0.25) is 14.4 Å². The number of amides is 3. The molecular weight excluding hydrogens is 404 g/mol. The molecule has 0 radical (unpaired) electrons. The van der Waals surface area contributed by atoms with Crippen LogP contribution in [0, 0.1) is 0 Å². The maximum Gasteiger partial charge on any atom is 0.258 e. The Bertz CT molecular complexity index is 1200. The number of nitrogens with one attached hydrogen (secondary N) is 4. The molecule has 7 nitrogen and oxygen atoms in total. The maximum atomic E-state index is 12.8. The van der Waals surface area contributed by atoms with Crippen LogP contribution in [0.15, 0.2) is 78.9 Å². The van der Waals surface area contributed by atoms with Gasteiger partial charge in [-0.05, 0) is 35.9 Å². The molecule has 0 aromatic heterocycles. The number of hydrogen-bond donors (Lipinski definition) is 4. The van der Waals surface area contributed by atoms with E-state index in [1.807, 2.05) is 66.7 Å². The number of hydrogen-bond acceptors (Lipinski definition) is 4. The van der Waals surface area contributed by atoms with Gasteiger partial charge in [-0.15, -0.1) is 0 Å². The monoisotopic (exact) mass is 426 g/mol. The molecule has 3 aromatic rings. The van der Waals surface area contributed by atoms with Gasteiger partial charge in [0.25, 0.3) is 5.91 Å². The van der Waals surface area contributed by atoms with Gasteiger partial charge in [-0.2, -0.15) is 0 Å². The van der Waals surface area contributed by atoms with Gasteiger partial charge < -0.3 is 21.3 Å². The third kappa shape index (κ3) is 4.67. The molecule has 0 fully saturated rings. The minimum absolute atomic E-state index is 0.0892. The number of fused-ring (bicyclic) bond motifs is 1.